The molecular weight excluding hydrogens is 442 g/mol. The second-order valence-corrected chi connectivity index (χ2v) is 12.0. The fraction of sp³-hybridized carbons (Fsp3) is 0.708. The minimum Gasteiger partial charge on any atom is -0.340 e. The lowest BCUT2D eigenvalue weighted by Crippen LogP contribution is -2.49. The molecule has 1 saturated carbocycles. The number of nitrogens with zero attached hydrogens (tertiary/aromatic N) is 2. The minimum atomic E-state index is -3.75. The van der Waals surface area contributed by atoms with Crippen LogP contribution in [0.5, 0.6) is 0 Å². The van der Waals surface area contributed by atoms with E-state index in [4.69, 9.17) is 0 Å². The molecule has 2 aliphatic rings. The van der Waals surface area contributed by atoms with Crippen LogP contribution in [-0.2, 0) is 14.8 Å². The summed E-state index contributed by atoms with van der Waals surface area (Å²) in [4.78, 5) is 18.0. The average Bonchev–Trinajstić information content (AvgIpc) is 3.02. The fourth-order valence-electron chi connectivity index (χ4n) is 4.77. The van der Waals surface area contributed by atoms with Gasteiger partial charge in [0.15, 0.2) is 0 Å². The van der Waals surface area contributed by atoms with Crippen molar-refractivity contribution in [3.63, 3.8) is 0 Å². The van der Waals surface area contributed by atoms with Crippen molar-refractivity contribution >= 4 is 27.7 Å². The molecule has 1 aromatic rings. The Morgan fingerprint density at radius 1 is 1.06 bits per heavy atom. The third-order valence-electron chi connectivity index (χ3n) is 6.68. The van der Waals surface area contributed by atoms with E-state index in [-0.39, 0.29) is 10.8 Å². The molecule has 1 aromatic carbocycles. The summed E-state index contributed by atoms with van der Waals surface area (Å²) in [6.45, 7) is 6.33. The smallest absolute Gasteiger partial charge is 0.241 e. The zero-order valence-corrected chi connectivity index (χ0v) is 21.2. The SMILES string of the molecule is CSCCC(NS(=O)(=O)c1ccc(C)cc1)C(=O)N1CCCN(CC2CCCCC2)CC1. The third-order valence-corrected chi connectivity index (χ3v) is 8.81. The van der Waals surface area contributed by atoms with Gasteiger partial charge in [0.2, 0.25) is 15.9 Å². The van der Waals surface area contributed by atoms with Crippen LogP contribution in [0, 0.1) is 12.8 Å². The monoisotopic (exact) mass is 481 g/mol. The van der Waals surface area contributed by atoms with E-state index in [1.165, 1.54) is 32.1 Å². The van der Waals surface area contributed by atoms with Crippen molar-refractivity contribution in [3.05, 3.63) is 29.8 Å². The number of benzene rings is 1. The molecule has 0 spiro atoms. The average molecular weight is 482 g/mol. The van der Waals surface area contributed by atoms with Gasteiger partial charge >= 0.3 is 0 Å². The van der Waals surface area contributed by atoms with Gasteiger partial charge in [-0.15, -0.1) is 0 Å². The number of sulfonamides is 1. The van der Waals surface area contributed by atoms with Gasteiger partial charge in [0.25, 0.3) is 0 Å². The lowest BCUT2D eigenvalue weighted by Gasteiger charge is -2.29. The maximum Gasteiger partial charge on any atom is 0.241 e. The number of carbonyl (C=O) groups is 1. The molecule has 8 heteroatoms. The summed E-state index contributed by atoms with van der Waals surface area (Å²) in [6, 6.07) is 6.04. The molecule has 1 saturated heterocycles. The molecule has 1 amide bonds. The zero-order valence-electron chi connectivity index (χ0n) is 19.6. The van der Waals surface area contributed by atoms with Crippen LogP contribution in [0.3, 0.4) is 0 Å². The topological polar surface area (TPSA) is 69.7 Å². The molecule has 0 bridgehead atoms. The molecule has 1 heterocycles. The molecule has 1 unspecified atom stereocenters. The highest BCUT2D eigenvalue weighted by atomic mass is 32.2. The number of hydrogen-bond donors (Lipinski definition) is 1. The molecular formula is C24H39N3O3S2. The number of carbonyl (C=O) groups excluding carboxylic acids is 1. The second kappa shape index (κ2) is 12.4. The Morgan fingerprint density at radius 3 is 2.47 bits per heavy atom. The first kappa shape index (κ1) is 25.5. The standard InChI is InChI=1S/C24H39N3O3S2/c1-20-9-11-22(12-10-20)32(29,30)25-23(13-18-31-2)24(28)27-15-6-14-26(16-17-27)19-21-7-4-3-5-8-21/h9-12,21,23,25H,3-8,13-19H2,1-2H3. The molecule has 6 nitrogen and oxygen atoms in total. The van der Waals surface area contributed by atoms with E-state index in [1.54, 1.807) is 36.0 Å². The second-order valence-electron chi connectivity index (χ2n) is 9.25. The number of amides is 1. The Balaban J connectivity index is 1.62. The number of aryl methyl sites for hydroxylation is 1. The predicted molar refractivity (Wildman–Crippen MR) is 132 cm³/mol. The van der Waals surface area contributed by atoms with Crippen molar-refractivity contribution in [2.24, 2.45) is 5.92 Å². The van der Waals surface area contributed by atoms with Gasteiger partial charge in [-0.25, -0.2) is 8.42 Å². The maximum absolute atomic E-state index is 13.4. The summed E-state index contributed by atoms with van der Waals surface area (Å²) in [5.74, 6) is 1.44. The molecule has 0 aromatic heterocycles. The van der Waals surface area contributed by atoms with Gasteiger partial charge in [0, 0.05) is 26.2 Å². The maximum atomic E-state index is 13.4. The van der Waals surface area contributed by atoms with Crippen molar-refractivity contribution in [2.75, 3.05) is 44.7 Å². The summed E-state index contributed by atoms with van der Waals surface area (Å²) in [7, 11) is -3.75. The fourth-order valence-corrected chi connectivity index (χ4v) is 6.47. The summed E-state index contributed by atoms with van der Waals surface area (Å²) in [6.07, 6.45) is 10.1. The van der Waals surface area contributed by atoms with Crippen LogP contribution < -0.4 is 4.72 Å². The Labute approximate surface area is 198 Å². The Bertz CT molecular complexity index is 823. The van der Waals surface area contributed by atoms with Crippen LogP contribution in [0.4, 0.5) is 0 Å². The van der Waals surface area contributed by atoms with Crippen molar-refractivity contribution in [1.82, 2.24) is 14.5 Å². The minimum absolute atomic E-state index is 0.0887. The molecule has 3 rings (SSSR count). The number of thioether (sulfide) groups is 1. The van der Waals surface area contributed by atoms with Crippen LogP contribution in [-0.4, -0.2) is 74.9 Å². The van der Waals surface area contributed by atoms with E-state index >= 15 is 0 Å². The Hall–Kier alpha value is -1.09. The Kier molecular flexibility index (Phi) is 9.89. The zero-order chi connectivity index (χ0) is 23.0. The highest BCUT2D eigenvalue weighted by molar-refractivity contribution is 7.98. The highest BCUT2D eigenvalue weighted by Crippen LogP contribution is 2.25. The lowest BCUT2D eigenvalue weighted by atomic mass is 9.89. The van der Waals surface area contributed by atoms with Crippen LogP contribution >= 0.6 is 11.8 Å². The molecule has 1 atom stereocenters. The first-order valence-corrected chi connectivity index (χ1v) is 14.9. The molecule has 0 radical (unpaired) electrons. The first-order chi connectivity index (χ1) is 15.4. The van der Waals surface area contributed by atoms with Gasteiger partial charge in [-0.05, 0) is 69.2 Å². The number of hydrogen-bond acceptors (Lipinski definition) is 5. The molecule has 1 N–H and O–H groups in total. The normalized spacial score (nSPS) is 20.1. The number of nitrogens with one attached hydrogen (secondary N) is 1. The number of rotatable bonds is 9. The molecule has 1 aliphatic carbocycles. The van der Waals surface area contributed by atoms with Crippen LogP contribution in [0.25, 0.3) is 0 Å². The van der Waals surface area contributed by atoms with Crippen LogP contribution in [0.15, 0.2) is 29.2 Å². The van der Waals surface area contributed by atoms with Gasteiger partial charge in [0.05, 0.1) is 4.90 Å². The van der Waals surface area contributed by atoms with E-state index in [1.807, 2.05) is 18.1 Å². The molecule has 180 valence electrons. The summed E-state index contributed by atoms with van der Waals surface area (Å²) in [5, 5.41) is 0. The summed E-state index contributed by atoms with van der Waals surface area (Å²) < 4.78 is 28.6. The van der Waals surface area contributed by atoms with E-state index in [0.29, 0.717) is 19.5 Å². The first-order valence-electron chi connectivity index (χ1n) is 12.0. The largest absolute Gasteiger partial charge is 0.340 e. The van der Waals surface area contributed by atoms with E-state index < -0.39 is 16.1 Å². The van der Waals surface area contributed by atoms with Crippen LogP contribution in [0.2, 0.25) is 0 Å². The van der Waals surface area contributed by atoms with Crippen molar-refractivity contribution in [3.8, 4) is 0 Å². The van der Waals surface area contributed by atoms with E-state index in [2.05, 4.69) is 9.62 Å². The van der Waals surface area contributed by atoms with E-state index in [9.17, 15) is 13.2 Å². The van der Waals surface area contributed by atoms with Crippen molar-refractivity contribution in [2.45, 2.75) is 62.8 Å². The van der Waals surface area contributed by atoms with E-state index in [0.717, 1.165) is 43.3 Å². The summed E-state index contributed by atoms with van der Waals surface area (Å²) in [5.41, 5.74) is 1.00. The van der Waals surface area contributed by atoms with Gasteiger partial charge in [-0.3, -0.25) is 4.79 Å². The van der Waals surface area contributed by atoms with Crippen molar-refractivity contribution in [1.29, 1.82) is 0 Å². The quantitative estimate of drug-likeness (QED) is 0.585. The van der Waals surface area contributed by atoms with Gasteiger partial charge in [-0.2, -0.15) is 16.5 Å². The molecule has 32 heavy (non-hydrogen) atoms. The molecule has 1 aliphatic heterocycles. The highest BCUT2D eigenvalue weighted by Gasteiger charge is 2.30. The summed E-state index contributed by atoms with van der Waals surface area (Å²) >= 11 is 1.63. The third kappa shape index (κ3) is 7.47. The van der Waals surface area contributed by atoms with Gasteiger partial charge < -0.3 is 9.80 Å². The molecule has 2 fully saturated rings. The Morgan fingerprint density at radius 2 is 1.78 bits per heavy atom. The predicted octanol–water partition coefficient (Wildman–Crippen LogP) is 3.51. The lowest BCUT2D eigenvalue weighted by molar-refractivity contribution is -0.132. The van der Waals surface area contributed by atoms with Crippen LogP contribution in [0.1, 0.15) is 50.5 Å². The van der Waals surface area contributed by atoms with Gasteiger partial charge in [0.1, 0.15) is 6.04 Å². The van der Waals surface area contributed by atoms with Gasteiger partial charge in [-0.1, -0.05) is 37.0 Å². The van der Waals surface area contributed by atoms with Crippen molar-refractivity contribution < 1.29 is 13.2 Å².